The molecule has 0 atom stereocenters. The van der Waals surface area contributed by atoms with Gasteiger partial charge in [-0.25, -0.2) is 0 Å². The average molecular weight is 439 g/mol. The lowest BCUT2D eigenvalue weighted by atomic mass is 10.1. The molecule has 0 saturated carbocycles. The van der Waals surface area contributed by atoms with Crippen LogP contribution in [0.5, 0.6) is 28.7 Å². The van der Waals surface area contributed by atoms with Gasteiger partial charge < -0.3 is 24.1 Å². The quantitative estimate of drug-likeness (QED) is 0.414. The second-order valence-electron chi connectivity index (χ2n) is 7.81. The van der Waals surface area contributed by atoms with Crippen molar-refractivity contribution in [2.24, 2.45) is 0 Å². The number of rotatable bonds is 11. The summed E-state index contributed by atoms with van der Waals surface area (Å²) in [6, 6.07) is 9.45. The first-order valence-corrected chi connectivity index (χ1v) is 10.6. The Bertz CT molecular complexity index is 978. The average Bonchev–Trinajstić information content (AvgIpc) is 2.76. The predicted octanol–water partition coefficient (Wildman–Crippen LogP) is 6.36. The lowest BCUT2D eigenvalue weighted by molar-refractivity contribution is 0.305. The van der Waals surface area contributed by atoms with Gasteiger partial charge in [-0.3, -0.25) is 0 Å². The van der Waals surface area contributed by atoms with Crippen LogP contribution >= 0.6 is 0 Å². The van der Waals surface area contributed by atoms with Gasteiger partial charge in [0.1, 0.15) is 13.2 Å². The topological polar surface area (TPSA) is 57.2 Å². The van der Waals surface area contributed by atoms with E-state index in [0.29, 0.717) is 42.6 Å². The van der Waals surface area contributed by atoms with E-state index in [0.717, 1.165) is 16.7 Å². The van der Waals surface area contributed by atoms with Crippen molar-refractivity contribution in [2.75, 3.05) is 27.4 Å². The molecule has 0 radical (unpaired) electrons. The highest BCUT2D eigenvalue weighted by molar-refractivity contribution is 5.58. The Balaban J connectivity index is 2.13. The highest BCUT2D eigenvalue weighted by atomic mass is 16.5. The van der Waals surface area contributed by atoms with Crippen molar-refractivity contribution in [3.8, 4) is 28.7 Å². The van der Waals surface area contributed by atoms with E-state index in [2.05, 4.69) is 0 Å². The summed E-state index contributed by atoms with van der Waals surface area (Å²) in [6.07, 6.45) is 8.48. The van der Waals surface area contributed by atoms with E-state index in [-0.39, 0.29) is 5.75 Å². The Labute approximate surface area is 191 Å². The summed E-state index contributed by atoms with van der Waals surface area (Å²) < 4.78 is 22.3. The minimum Gasteiger partial charge on any atom is -0.504 e. The largest absolute Gasteiger partial charge is 0.504 e. The summed E-state index contributed by atoms with van der Waals surface area (Å²) in [6.45, 7) is 8.94. The first-order chi connectivity index (χ1) is 15.3. The monoisotopic (exact) mass is 438 g/mol. The van der Waals surface area contributed by atoms with Crippen molar-refractivity contribution >= 4 is 6.08 Å². The van der Waals surface area contributed by atoms with E-state index in [1.807, 2.05) is 82.3 Å². The zero-order valence-electron chi connectivity index (χ0n) is 19.9. The van der Waals surface area contributed by atoms with Gasteiger partial charge in [-0.2, -0.15) is 0 Å². The lowest BCUT2D eigenvalue weighted by Gasteiger charge is -2.13. The SMILES string of the molecule is COc1cc(/C=C/Cc2ccc(OC)c(OCC=C(C)C)c2O)ccc1OCC=C(C)C. The number of hydrogen-bond donors (Lipinski definition) is 1. The highest BCUT2D eigenvalue weighted by Gasteiger charge is 2.14. The summed E-state index contributed by atoms with van der Waals surface area (Å²) in [5.74, 6) is 2.34. The van der Waals surface area contributed by atoms with E-state index in [1.54, 1.807) is 14.2 Å². The zero-order valence-corrected chi connectivity index (χ0v) is 19.9. The summed E-state index contributed by atoms with van der Waals surface area (Å²) in [7, 11) is 3.19. The number of phenols is 1. The fourth-order valence-electron chi connectivity index (χ4n) is 2.88. The number of phenolic OH excluding ortho intramolecular Hbond substituents is 1. The fraction of sp³-hybridized carbons (Fsp3) is 0.333. The van der Waals surface area contributed by atoms with E-state index >= 15 is 0 Å². The molecule has 0 heterocycles. The number of benzene rings is 2. The van der Waals surface area contributed by atoms with Crippen LogP contribution in [0.1, 0.15) is 38.8 Å². The third-order valence-corrected chi connectivity index (χ3v) is 4.68. The Morgan fingerprint density at radius 1 is 0.812 bits per heavy atom. The molecule has 0 spiro atoms. The van der Waals surface area contributed by atoms with Gasteiger partial charge in [0.2, 0.25) is 5.75 Å². The molecule has 172 valence electrons. The van der Waals surface area contributed by atoms with Crippen LogP contribution in [0.25, 0.3) is 6.08 Å². The maximum absolute atomic E-state index is 10.7. The van der Waals surface area contributed by atoms with E-state index < -0.39 is 0 Å². The molecule has 2 aromatic rings. The molecule has 0 aliphatic carbocycles. The number of hydrogen-bond acceptors (Lipinski definition) is 5. The summed E-state index contributed by atoms with van der Waals surface area (Å²) in [5.41, 5.74) is 4.08. The molecule has 5 nitrogen and oxygen atoms in total. The van der Waals surface area contributed by atoms with Gasteiger partial charge in [-0.1, -0.05) is 35.4 Å². The van der Waals surface area contributed by atoms with Crippen LogP contribution in [0.4, 0.5) is 0 Å². The molecular formula is C27H34O5. The van der Waals surface area contributed by atoms with Crippen molar-refractivity contribution < 1.29 is 24.1 Å². The smallest absolute Gasteiger partial charge is 0.203 e. The Kier molecular flexibility index (Phi) is 9.74. The molecule has 0 saturated heterocycles. The van der Waals surface area contributed by atoms with E-state index in [1.165, 1.54) is 5.57 Å². The highest BCUT2D eigenvalue weighted by Crippen LogP contribution is 2.39. The molecule has 32 heavy (non-hydrogen) atoms. The summed E-state index contributed by atoms with van der Waals surface area (Å²) in [4.78, 5) is 0. The van der Waals surface area contributed by atoms with Crippen LogP contribution in [0.3, 0.4) is 0 Å². The van der Waals surface area contributed by atoms with Gasteiger partial charge in [-0.15, -0.1) is 0 Å². The van der Waals surface area contributed by atoms with Gasteiger partial charge >= 0.3 is 0 Å². The zero-order chi connectivity index (χ0) is 23.5. The maximum atomic E-state index is 10.7. The molecule has 1 N–H and O–H groups in total. The normalized spacial score (nSPS) is 10.6. The third kappa shape index (κ3) is 7.41. The van der Waals surface area contributed by atoms with Crippen molar-refractivity contribution in [1.82, 2.24) is 0 Å². The van der Waals surface area contributed by atoms with Crippen molar-refractivity contribution in [1.29, 1.82) is 0 Å². The fourth-order valence-corrected chi connectivity index (χ4v) is 2.88. The number of ether oxygens (including phenoxy) is 4. The lowest BCUT2D eigenvalue weighted by Crippen LogP contribution is -1.99. The minimum atomic E-state index is 0.0942. The van der Waals surface area contributed by atoms with Crippen LogP contribution in [0, 0.1) is 0 Å². The predicted molar refractivity (Wildman–Crippen MR) is 130 cm³/mol. The van der Waals surface area contributed by atoms with Crippen molar-refractivity contribution in [3.63, 3.8) is 0 Å². The van der Waals surface area contributed by atoms with Gasteiger partial charge in [-0.05, 0) is 70.0 Å². The second kappa shape index (κ2) is 12.5. The first-order valence-electron chi connectivity index (χ1n) is 10.6. The number of aromatic hydroxyl groups is 1. The molecule has 0 aromatic heterocycles. The Morgan fingerprint density at radius 2 is 1.44 bits per heavy atom. The molecule has 0 amide bonds. The maximum Gasteiger partial charge on any atom is 0.203 e. The first kappa shape index (κ1) is 24.9. The van der Waals surface area contributed by atoms with Gasteiger partial charge in [0.05, 0.1) is 14.2 Å². The van der Waals surface area contributed by atoms with E-state index in [4.69, 9.17) is 18.9 Å². The third-order valence-electron chi connectivity index (χ3n) is 4.68. The van der Waals surface area contributed by atoms with Gasteiger partial charge in [0.15, 0.2) is 23.0 Å². The number of methoxy groups -OCH3 is 2. The van der Waals surface area contributed by atoms with Crippen LogP contribution < -0.4 is 18.9 Å². The molecule has 0 aliphatic heterocycles. The molecule has 0 unspecified atom stereocenters. The molecule has 2 aromatic carbocycles. The van der Waals surface area contributed by atoms with Crippen LogP contribution in [0.2, 0.25) is 0 Å². The Morgan fingerprint density at radius 3 is 2.06 bits per heavy atom. The van der Waals surface area contributed by atoms with Gasteiger partial charge in [0, 0.05) is 5.56 Å². The molecule has 5 heteroatoms. The molecular weight excluding hydrogens is 404 g/mol. The second-order valence-corrected chi connectivity index (χ2v) is 7.81. The number of allylic oxidation sites excluding steroid dienone is 3. The van der Waals surface area contributed by atoms with Crippen LogP contribution in [-0.2, 0) is 6.42 Å². The molecule has 2 rings (SSSR count). The standard InChI is InChI=1S/C27H34O5/c1-19(2)14-16-31-23-12-10-21(18-25(23)30-6)8-7-9-22-11-13-24(29-5)27(26(22)28)32-17-15-20(3)4/h7-8,10-15,18,28H,9,16-17H2,1-6H3/b8-7+. The Hall–Kier alpha value is -3.34. The van der Waals surface area contributed by atoms with E-state index in [9.17, 15) is 5.11 Å². The van der Waals surface area contributed by atoms with Gasteiger partial charge in [0.25, 0.3) is 0 Å². The minimum absolute atomic E-state index is 0.0942. The summed E-state index contributed by atoms with van der Waals surface area (Å²) in [5, 5.41) is 10.7. The van der Waals surface area contributed by atoms with Crippen molar-refractivity contribution in [2.45, 2.75) is 34.1 Å². The van der Waals surface area contributed by atoms with Crippen molar-refractivity contribution in [3.05, 3.63) is 70.8 Å². The molecule has 0 fully saturated rings. The summed E-state index contributed by atoms with van der Waals surface area (Å²) >= 11 is 0. The van der Waals surface area contributed by atoms with Crippen LogP contribution in [0.15, 0.2) is 59.7 Å². The van der Waals surface area contributed by atoms with Crippen LogP contribution in [-0.4, -0.2) is 32.5 Å². The molecule has 0 aliphatic rings. The molecule has 0 bridgehead atoms.